The molecule has 0 fully saturated rings. The van der Waals surface area contributed by atoms with Crippen LogP contribution < -0.4 is 5.73 Å². The zero-order valence-electron chi connectivity index (χ0n) is 9.32. The van der Waals surface area contributed by atoms with E-state index in [9.17, 15) is 0 Å². The van der Waals surface area contributed by atoms with E-state index in [1.165, 1.54) is 0 Å². The lowest BCUT2D eigenvalue weighted by atomic mass is 10.4. The van der Waals surface area contributed by atoms with Crippen LogP contribution in [0.15, 0.2) is 6.07 Å². The third-order valence-corrected chi connectivity index (χ3v) is 3.52. The molecule has 2 N–H and O–H groups in total. The maximum atomic E-state index is 5.97. The summed E-state index contributed by atoms with van der Waals surface area (Å²) in [6.07, 6.45) is 0. The Morgan fingerprint density at radius 2 is 1.94 bits per heavy atom. The molecule has 0 radical (unpaired) electrons. The average molecular weight is 329 g/mol. The topological polar surface area (TPSA) is 69.6 Å². The van der Waals surface area contributed by atoms with Gasteiger partial charge in [0, 0.05) is 11.8 Å². The van der Waals surface area contributed by atoms with Crippen molar-refractivity contribution in [2.75, 3.05) is 5.73 Å². The fourth-order valence-electron chi connectivity index (χ4n) is 1.51. The maximum absolute atomic E-state index is 5.97. The van der Waals surface area contributed by atoms with Crippen LogP contribution in [-0.2, 0) is 0 Å². The van der Waals surface area contributed by atoms with Crippen molar-refractivity contribution in [3.05, 3.63) is 26.8 Å². The summed E-state index contributed by atoms with van der Waals surface area (Å²) in [5.41, 5.74) is 7.78. The zero-order valence-corrected chi connectivity index (χ0v) is 11.5. The number of aromatic nitrogens is 4. The number of rotatable bonds is 1. The fraction of sp³-hybridized carbons (Fsp3) is 0.300. The van der Waals surface area contributed by atoms with Gasteiger partial charge in [0.25, 0.3) is 0 Å². The van der Waals surface area contributed by atoms with Crippen LogP contribution in [0.5, 0.6) is 0 Å². The Morgan fingerprint density at radius 3 is 2.44 bits per heavy atom. The Morgan fingerprint density at radius 1 is 1.25 bits per heavy atom. The van der Waals surface area contributed by atoms with Crippen molar-refractivity contribution in [2.45, 2.75) is 20.8 Å². The van der Waals surface area contributed by atoms with Gasteiger partial charge < -0.3 is 5.73 Å². The van der Waals surface area contributed by atoms with Crippen LogP contribution in [0.4, 0.5) is 5.82 Å². The highest BCUT2D eigenvalue weighted by Crippen LogP contribution is 2.21. The molecule has 0 saturated carbocycles. The minimum atomic E-state index is 0.621. The van der Waals surface area contributed by atoms with E-state index in [1.807, 2.05) is 26.8 Å². The van der Waals surface area contributed by atoms with Gasteiger partial charge in [0.2, 0.25) is 0 Å². The number of nitrogens with two attached hydrogens (primary N) is 1. The Bertz CT molecular complexity index is 526. The second-order valence-corrected chi connectivity index (χ2v) is 4.69. The summed E-state index contributed by atoms with van der Waals surface area (Å²) in [7, 11) is 0. The number of hydrogen-bond acceptors (Lipinski definition) is 4. The Balaban J connectivity index is 2.62. The molecule has 0 unspecified atom stereocenters. The molecule has 2 heterocycles. The molecule has 0 aliphatic carbocycles. The van der Waals surface area contributed by atoms with Crippen LogP contribution in [0.25, 0.3) is 5.82 Å². The van der Waals surface area contributed by atoms with Gasteiger partial charge in [-0.25, -0.2) is 9.97 Å². The number of nitrogen functional groups attached to an aromatic ring is 1. The maximum Gasteiger partial charge on any atom is 0.159 e. The monoisotopic (exact) mass is 329 g/mol. The predicted molar refractivity (Wildman–Crippen MR) is 70.5 cm³/mol. The Hall–Kier alpha value is -1.18. The highest BCUT2D eigenvalue weighted by atomic mass is 127. The van der Waals surface area contributed by atoms with Crippen molar-refractivity contribution in [2.24, 2.45) is 0 Å². The average Bonchev–Trinajstić information content (AvgIpc) is 2.44. The van der Waals surface area contributed by atoms with Gasteiger partial charge in [-0.15, -0.1) is 0 Å². The lowest BCUT2D eigenvalue weighted by Gasteiger charge is -2.04. The first-order chi connectivity index (χ1) is 7.49. The number of aryl methyl sites for hydroxylation is 3. The summed E-state index contributed by atoms with van der Waals surface area (Å²) in [5.74, 6) is 2.06. The molecule has 0 bridgehead atoms. The fourth-order valence-corrected chi connectivity index (χ4v) is 1.84. The van der Waals surface area contributed by atoms with Gasteiger partial charge in [-0.3, -0.25) is 0 Å². The van der Waals surface area contributed by atoms with Gasteiger partial charge in [-0.1, -0.05) is 0 Å². The van der Waals surface area contributed by atoms with Crippen LogP contribution in [0.1, 0.15) is 17.2 Å². The van der Waals surface area contributed by atoms with E-state index in [4.69, 9.17) is 5.73 Å². The standard InChI is InChI=1S/C10H12IN5/c1-5-4-8(14-7(3)13-5)16-10(12)9(11)6(2)15-16/h4H,12H2,1-3H3. The molecule has 6 heteroatoms. The number of hydrogen-bond donors (Lipinski definition) is 1. The van der Waals surface area contributed by atoms with Gasteiger partial charge in [0.05, 0.1) is 9.26 Å². The smallest absolute Gasteiger partial charge is 0.159 e. The molecule has 84 valence electrons. The van der Waals surface area contributed by atoms with Crippen molar-refractivity contribution < 1.29 is 0 Å². The van der Waals surface area contributed by atoms with Gasteiger partial charge in [-0.05, 0) is 43.4 Å². The zero-order chi connectivity index (χ0) is 11.9. The van der Waals surface area contributed by atoms with Crippen LogP contribution in [0, 0.1) is 24.3 Å². The largest absolute Gasteiger partial charge is 0.383 e. The number of halogens is 1. The Labute approximate surface area is 107 Å². The second-order valence-electron chi connectivity index (χ2n) is 3.61. The van der Waals surface area contributed by atoms with Crippen LogP contribution in [0.2, 0.25) is 0 Å². The highest BCUT2D eigenvalue weighted by molar-refractivity contribution is 14.1. The van der Waals surface area contributed by atoms with E-state index in [0.717, 1.165) is 20.8 Å². The lowest BCUT2D eigenvalue weighted by molar-refractivity contribution is 0.819. The predicted octanol–water partition coefficient (Wildman–Crippen LogP) is 1.77. The molecule has 0 aliphatic rings. The van der Waals surface area contributed by atoms with Crippen LogP contribution in [-0.4, -0.2) is 19.7 Å². The molecule has 0 spiro atoms. The summed E-state index contributed by atoms with van der Waals surface area (Å²) < 4.78 is 2.62. The highest BCUT2D eigenvalue weighted by Gasteiger charge is 2.12. The quantitative estimate of drug-likeness (QED) is 0.810. The first-order valence-electron chi connectivity index (χ1n) is 4.82. The van der Waals surface area contributed by atoms with E-state index in [-0.39, 0.29) is 0 Å². The molecular formula is C10H12IN5. The third kappa shape index (κ3) is 1.89. The van der Waals surface area contributed by atoms with E-state index in [0.29, 0.717) is 11.6 Å². The van der Waals surface area contributed by atoms with Gasteiger partial charge in [0.15, 0.2) is 5.82 Å². The van der Waals surface area contributed by atoms with Crippen molar-refractivity contribution in [3.63, 3.8) is 0 Å². The second kappa shape index (κ2) is 4.00. The molecular weight excluding hydrogens is 317 g/mol. The van der Waals surface area contributed by atoms with E-state index < -0.39 is 0 Å². The van der Waals surface area contributed by atoms with Crippen LogP contribution >= 0.6 is 22.6 Å². The molecule has 0 amide bonds. The SMILES string of the molecule is Cc1cc(-n2nc(C)c(I)c2N)nc(C)n1. The molecule has 0 saturated heterocycles. The molecule has 0 atom stereocenters. The summed E-state index contributed by atoms with van der Waals surface area (Å²) in [4.78, 5) is 8.55. The van der Waals surface area contributed by atoms with Gasteiger partial charge in [-0.2, -0.15) is 9.78 Å². The van der Waals surface area contributed by atoms with Crippen molar-refractivity contribution in [3.8, 4) is 5.82 Å². The molecule has 2 aromatic heterocycles. The molecule has 0 aliphatic heterocycles. The van der Waals surface area contributed by atoms with Crippen molar-refractivity contribution in [1.29, 1.82) is 0 Å². The molecule has 2 aromatic rings. The first-order valence-corrected chi connectivity index (χ1v) is 5.90. The third-order valence-electron chi connectivity index (χ3n) is 2.19. The van der Waals surface area contributed by atoms with Crippen LogP contribution in [0.3, 0.4) is 0 Å². The summed E-state index contributed by atoms with van der Waals surface area (Å²) in [6.45, 7) is 5.71. The number of nitrogens with zero attached hydrogens (tertiary/aromatic N) is 4. The molecule has 0 aromatic carbocycles. The van der Waals surface area contributed by atoms with E-state index in [2.05, 4.69) is 37.7 Å². The van der Waals surface area contributed by atoms with Gasteiger partial charge >= 0.3 is 0 Å². The molecule has 5 nitrogen and oxygen atoms in total. The summed E-state index contributed by atoms with van der Waals surface area (Å²) in [6, 6.07) is 1.87. The van der Waals surface area contributed by atoms with Crippen molar-refractivity contribution >= 4 is 28.4 Å². The summed E-state index contributed by atoms with van der Waals surface area (Å²) in [5, 5.41) is 4.36. The molecule has 16 heavy (non-hydrogen) atoms. The lowest BCUT2D eigenvalue weighted by Crippen LogP contribution is -2.07. The molecule has 2 rings (SSSR count). The Kier molecular flexibility index (Phi) is 2.83. The van der Waals surface area contributed by atoms with Gasteiger partial charge in [0.1, 0.15) is 11.6 Å². The summed E-state index contributed by atoms with van der Waals surface area (Å²) >= 11 is 2.18. The first kappa shape index (κ1) is 11.3. The minimum absolute atomic E-state index is 0.621. The normalized spacial score (nSPS) is 10.8. The number of anilines is 1. The minimum Gasteiger partial charge on any atom is -0.383 e. The van der Waals surface area contributed by atoms with Crippen molar-refractivity contribution in [1.82, 2.24) is 19.7 Å². The van der Waals surface area contributed by atoms with E-state index >= 15 is 0 Å². The van der Waals surface area contributed by atoms with E-state index in [1.54, 1.807) is 4.68 Å².